The van der Waals surface area contributed by atoms with Crippen molar-refractivity contribution < 1.29 is 9.18 Å². The minimum absolute atomic E-state index is 0.171. The molecule has 1 aliphatic heterocycles. The molecule has 2 N–H and O–H groups in total. The lowest BCUT2D eigenvalue weighted by molar-refractivity contribution is 0.102. The maximum Gasteiger partial charge on any atom is 0.276 e. The molecule has 116 valence electrons. The molecular formula is C16H19FN4O. The average Bonchev–Trinajstić information content (AvgIpc) is 3.01. The Labute approximate surface area is 128 Å². The van der Waals surface area contributed by atoms with Crippen LogP contribution in [0.2, 0.25) is 0 Å². The van der Waals surface area contributed by atoms with Crippen molar-refractivity contribution in [1.29, 1.82) is 0 Å². The number of halogens is 1. The summed E-state index contributed by atoms with van der Waals surface area (Å²) < 4.78 is 15.6. The van der Waals surface area contributed by atoms with E-state index in [2.05, 4.69) is 15.7 Å². The highest BCUT2D eigenvalue weighted by Gasteiger charge is 2.18. The van der Waals surface area contributed by atoms with Gasteiger partial charge in [0.15, 0.2) is 5.69 Å². The Morgan fingerprint density at radius 3 is 3.05 bits per heavy atom. The standard InChI is InChI=1S/C16H19FN4O/c1-11-4-5-14(13(17)9-11)19-16(22)15-6-8-21(20-15)12-3-2-7-18-10-12/h4-6,8-9,12,18H,2-3,7,10H2,1H3,(H,19,22). The number of nitrogens with zero attached hydrogens (tertiary/aromatic N) is 2. The van der Waals surface area contributed by atoms with Crippen LogP contribution in [0.3, 0.4) is 0 Å². The van der Waals surface area contributed by atoms with Gasteiger partial charge in [-0.25, -0.2) is 4.39 Å². The maximum absolute atomic E-state index is 13.8. The highest BCUT2D eigenvalue weighted by molar-refractivity contribution is 6.02. The molecule has 0 saturated carbocycles. The van der Waals surface area contributed by atoms with Crippen LogP contribution in [0.5, 0.6) is 0 Å². The lowest BCUT2D eigenvalue weighted by Gasteiger charge is -2.22. The zero-order valence-electron chi connectivity index (χ0n) is 12.5. The second-order valence-corrected chi connectivity index (χ2v) is 5.62. The third-order valence-electron chi connectivity index (χ3n) is 3.86. The van der Waals surface area contributed by atoms with E-state index < -0.39 is 11.7 Å². The first-order valence-electron chi connectivity index (χ1n) is 7.47. The van der Waals surface area contributed by atoms with Gasteiger partial charge in [-0.15, -0.1) is 0 Å². The number of nitrogens with one attached hydrogen (secondary N) is 2. The molecule has 1 amide bonds. The fourth-order valence-corrected chi connectivity index (χ4v) is 2.63. The normalized spacial score (nSPS) is 18.2. The summed E-state index contributed by atoms with van der Waals surface area (Å²) in [7, 11) is 0. The topological polar surface area (TPSA) is 59.0 Å². The summed E-state index contributed by atoms with van der Waals surface area (Å²) in [6.45, 7) is 3.68. The summed E-state index contributed by atoms with van der Waals surface area (Å²) in [4.78, 5) is 12.2. The first-order valence-corrected chi connectivity index (χ1v) is 7.47. The molecule has 3 rings (SSSR count). The number of aromatic nitrogens is 2. The predicted octanol–water partition coefficient (Wildman–Crippen LogP) is 2.51. The second kappa shape index (κ2) is 6.27. The molecule has 2 heterocycles. The molecule has 1 aliphatic rings. The third-order valence-corrected chi connectivity index (χ3v) is 3.86. The summed E-state index contributed by atoms with van der Waals surface area (Å²) in [5, 5.41) is 10.2. The van der Waals surface area contributed by atoms with Gasteiger partial charge in [-0.3, -0.25) is 9.48 Å². The van der Waals surface area contributed by atoms with Crippen molar-refractivity contribution in [1.82, 2.24) is 15.1 Å². The molecule has 1 aromatic carbocycles. The molecule has 2 aromatic rings. The lowest BCUT2D eigenvalue weighted by Crippen LogP contribution is -2.32. The SMILES string of the molecule is Cc1ccc(NC(=O)c2ccn(C3CCCNC3)n2)c(F)c1. The number of rotatable bonds is 3. The van der Waals surface area contributed by atoms with Crippen LogP contribution >= 0.6 is 0 Å². The van der Waals surface area contributed by atoms with Gasteiger partial charge in [0.25, 0.3) is 5.91 Å². The molecule has 0 radical (unpaired) electrons. The number of carbonyl (C=O) groups excluding carboxylic acids is 1. The Morgan fingerprint density at radius 2 is 2.32 bits per heavy atom. The van der Waals surface area contributed by atoms with Crippen LogP contribution < -0.4 is 10.6 Å². The number of amides is 1. The molecule has 1 unspecified atom stereocenters. The molecular weight excluding hydrogens is 283 g/mol. The van der Waals surface area contributed by atoms with Crippen molar-refractivity contribution in [3.8, 4) is 0 Å². The van der Waals surface area contributed by atoms with Crippen LogP contribution in [-0.4, -0.2) is 28.8 Å². The van der Waals surface area contributed by atoms with Gasteiger partial charge in [0.2, 0.25) is 0 Å². The number of aryl methyl sites for hydroxylation is 1. The second-order valence-electron chi connectivity index (χ2n) is 5.62. The molecule has 1 fully saturated rings. The summed E-state index contributed by atoms with van der Waals surface area (Å²) in [5.41, 5.74) is 1.28. The van der Waals surface area contributed by atoms with Gasteiger partial charge in [-0.1, -0.05) is 6.07 Å². The fraction of sp³-hybridized carbons (Fsp3) is 0.375. The summed E-state index contributed by atoms with van der Waals surface area (Å²) >= 11 is 0. The highest BCUT2D eigenvalue weighted by atomic mass is 19.1. The maximum atomic E-state index is 13.8. The first-order chi connectivity index (χ1) is 10.6. The van der Waals surface area contributed by atoms with Gasteiger partial charge in [0, 0.05) is 12.7 Å². The Bertz CT molecular complexity index is 677. The zero-order valence-corrected chi connectivity index (χ0v) is 12.5. The Morgan fingerprint density at radius 1 is 1.45 bits per heavy atom. The van der Waals surface area contributed by atoms with Gasteiger partial charge >= 0.3 is 0 Å². The van der Waals surface area contributed by atoms with Crippen LogP contribution in [0.1, 0.15) is 34.9 Å². The molecule has 0 aliphatic carbocycles. The number of benzene rings is 1. The quantitative estimate of drug-likeness (QED) is 0.916. The van der Waals surface area contributed by atoms with Crippen LogP contribution in [0, 0.1) is 12.7 Å². The Balaban J connectivity index is 1.71. The van der Waals surface area contributed by atoms with Gasteiger partial charge < -0.3 is 10.6 Å². The number of anilines is 1. The first kappa shape index (κ1) is 14.7. The zero-order chi connectivity index (χ0) is 15.5. The average molecular weight is 302 g/mol. The van der Waals surface area contributed by atoms with E-state index >= 15 is 0 Å². The third kappa shape index (κ3) is 3.17. The summed E-state index contributed by atoms with van der Waals surface area (Å²) in [6, 6.07) is 6.64. The van der Waals surface area contributed by atoms with E-state index in [4.69, 9.17) is 0 Å². The van der Waals surface area contributed by atoms with E-state index in [0.29, 0.717) is 5.69 Å². The lowest BCUT2D eigenvalue weighted by atomic mass is 10.1. The minimum Gasteiger partial charge on any atom is -0.318 e. The predicted molar refractivity (Wildman–Crippen MR) is 82.5 cm³/mol. The van der Waals surface area contributed by atoms with E-state index in [-0.39, 0.29) is 11.7 Å². The van der Waals surface area contributed by atoms with Gasteiger partial charge in [0.1, 0.15) is 5.82 Å². The largest absolute Gasteiger partial charge is 0.318 e. The van der Waals surface area contributed by atoms with Crippen molar-refractivity contribution in [2.24, 2.45) is 0 Å². The van der Waals surface area contributed by atoms with Gasteiger partial charge in [0.05, 0.1) is 11.7 Å². The molecule has 0 spiro atoms. The smallest absolute Gasteiger partial charge is 0.276 e. The number of piperidine rings is 1. The van der Waals surface area contributed by atoms with Crippen LogP contribution in [0.15, 0.2) is 30.5 Å². The van der Waals surface area contributed by atoms with E-state index in [9.17, 15) is 9.18 Å². The molecule has 6 heteroatoms. The molecule has 22 heavy (non-hydrogen) atoms. The van der Waals surface area contributed by atoms with Crippen molar-refractivity contribution in [2.45, 2.75) is 25.8 Å². The number of hydrogen-bond donors (Lipinski definition) is 2. The van der Waals surface area contributed by atoms with E-state index in [1.807, 2.05) is 4.68 Å². The molecule has 1 aromatic heterocycles. The fourth-order valence-electron chi connectivity index (χ4n) is 2.63. The van der Waals surface area contributed by atoms with Crippen molar-refractivity contribution in [3.63, 3.8) is 0 Å². The van der Waals surface area contributed by atoms with E-state index in [1.54, 1.807) is 31.3 Å². The monoisotopic (exact) mass is 302 g/mol. The molecule has 1 saturated heterocycles. The van der Waals surface area contributed by atoms with Crippen LogP contribution in [-0.2, 0) is 0 Å². The Kier molecular flexibility index (Phi) is 4.20. The summed E-state index contributed by atoms with van der Waals surface area (Å²) in [5.74, 6) is -0.838. The number of hydrogen-bond acceptors (Lipinski definition) is 3. The minimum atomic E-state index is -0.440. The highest BCUT2D eigenvalue weighted by Crippen LogP contribution is 2.18. The van der Waals surface area contributed by atoms with Gasteiger partial charge in [-0.05, 0) is 50.1 Å². The van der Waals surface area contributed by atoms with Crippen LogP contribution in [0.4, 0.5) is 10.1 Å². The van der Waals surface area contributed by atoms with Crippen molar-refractivity contribution in [3.05, 3.63) is 47.5 Å². The summed E-state index contributed by atoms with van der Waals surface area (Å²) in [6.07, 6.45) is 3.95. The van der Waals surface area contributed by atoms with E-state index in [1.165, 1.54) is 6.07 Å². The molecule has 5 nitrogen and oxygen atoms in total. The van der Waals surface area contributed by atoms with Crippen LogP contribution in [0.25, 0.3) is 0 Å². The van der Waals surface area contributed by atoms with Gasteiger partial charge in [-0.2, -0.15) is 5.10 Å². The van der Waals surface area contributed by atoms with Crippen molar-refractivity contribution >= 4 is 11.6 Å². The molecule has 0 bridgehead atoms. The Hall–Kier alpha value is -2.21. The van der Waals surface area contributed by atoms with E-state index in [0.717, 1.165) is 31.5 Å². The number of carbonyl (C=O) groups is 1. The van der Waals surface area contributed by atoms with Crippen molar-refractivity contribution in [2.75, 3.05) is 18.4 Å². The molecule has 1 atom stereocenters.